The second kappa shape index (κ2) is 7.69. The molecule has 1 aromatic heterocycles. The van der Waals surface area contributed by atoms with Crippen LogP contribution < -0.4 is 4.74 Å². The molecular formula is C19H18F2N2O4. The predicted octanol–water partition coefficient (Wildman–Crippen LogP) is 3.05. The Kier molecular flexibility index (Phi) is 5.34. The van der Waals surface area contributed by atoms with Gasteiger partial charge in [-0.2, -0.15) is 0 Å². The Morgan fingerprint density at radius 1 is 1.19 bits per heavy atom. The van der Waals surface area contributed by atoms with Crippen molar-refractivity contribution < 1.29 is 28.2 Å². The molecule has 0 atom stereocenters. The quantitative estimate of drug-likeness (QED) is 0.887. The molecule has 27 heavy (non-hydrogen) atoms. The molecule has 0 bridgehead atoms. The first-order valence-electron chi connectivity index (χ1n) is 8.47. The fourth-order valence-electron chi connectivity index (χ4n) is 3.00. The van der Waals surface area contributed by atoms with Crippen LogP contribution in [0.15, 0.2) is 30.3 Å². The first kappa shape index (κ1) is 18.8. The summed E-state index contributed by atoms with van der Waals surface area (Å²) in [6, 6.07) is 5.91. The van der Waals surface area contributed by atoms with Crippen LogP contribution in [0.25, 0.3) is 0 Å². The second-order valence-corrected chi connectivity index (χ2v) is 6.32. The van der Waals surface area contributed by atoms with E-state index in [0.29, 0.717) is 25.9 Å². The van der Waals surface area contributed by atoms with Gasteiger partial charge in [0.1, 0.15) is 17.6 Å². The van der Waals surface area contributed by atoms with Crippen LogP contribution >= 0.6 is 0 Å². The third kappa shape index (κ3) is 4.21. The van der Waals surface area contributed by atoms with Crippen molar-refractivity contribution >= 4 is 11.9 Å². The maximum Gasteiger partial charge on any atom is 0.337 e. The van der Waals surface area contributed by atoms with E-state index in [0.717, 1.165) is 12.1 Å². The average molecular weight is 376 g/mol. The fourth-order valence-corrected chi connectivity index (χ4v) is 3.00. The number of carboxylic acid groups (broad SMARTS) is 1. The summed E-state index contributed by atoms with van der Waals surface area (Å²) in [4.78, 5) is 29.3. The zero-order valence-corrected chi connectivity index (χ0v) is 14.6. The van der Waals surface area contributed by atoms with Gasteiger partial charge in [0.15, 0.2) is 11.6 Å². The van der Waals surface area contributed by atoms with E-state index in [9.17, 15) is 18.4 Å². The molecule has 1 fully saturated rings. The number of piperidine rings is 1. The number of carbonyl (C=O) groups is 2. The Labute approximate surface area is 154 Å². The summed E-state index contributed by atoms with van der Waals surface area (Å²) in [5, 5.41) is 9.03. The first-order valence-corrected chi connectivity index (χ1v) is 8.47. The van der Waals surface area contributed by atoms with Crippen molar-refractivity contribution in [3.63, 3.8) is 0 Å². The molecule has 8 heteroatoms. The number of aryl methyl sites for hydroxylation is 1. The van der Waals surface area contributed by atoms with E-state index in [1.54, 1.807) is 4.90 Å². The van der Waals surface area contributed by atoms with Gasteiger partial charge >= 0.3 is 5.97 Å². The number of amides is 1. The van der Waals surface area contributed by atoms with E-state index < -0.39 is 17.6 Å². The fraction of sp³-hybridized carbons (Fsp3) is 0.316. The van der Waals surface area contributed by atoms with E-state index in [4.69, 9.17) is 9.84 Å². The van der Waals surface area contributed by atoms with Gasteiger partial charge in [-0.3, -0.25) is 4.79 Å². The number of hydrogen-bond acceptors (Lipinski definition) is 4. The molecule has 142 valence electrons. The van der Waals surface area contributed by atoms with Crippen LogP contribution in [-0.4, -0.2) is 46.1 Å². The number of likely N-dealkylation sites (tertiary alicyclic amines) is 1. The Morgan fingerprint density at radius 2 is 1.89 bits per heavy atom. The highest BCUT2D eigenvalue weighted by atomic mass is 19.1. The minimum absolute atomic E-state index is 0.0114. The SMILES string of the molecule is Cc1nc(C(=O)N2CCC(Oc3ccc(F)cc3F)CC2)ccc1C(=O)O. The van der Waals surface area contributed by atoms with Gasteiger partial charge in [0.2, 0.25) is 0 Å². The summed E-state index contributed by atoms with van der Waals surface area (Å²) in [5.41, 5.74) is 0.514. The second-order valence-electron chi connectivity index (χ2n) is 6.32. The lowest BCUT2D eigenvalue weighted by Crippen LogP contribution is -2.42. The van der Waals surface area contributed by atoms with Crippen LogP contribution in [0.3, 0.4) is 0 Å². The van der Waals surface area contributed by atoms with Crippen LogP contribution in [0, 0.1) is 18.6 Å². The van der Waals surface area contributed by atoms with Crippen molar-refractivity contribution in [1.82, 2.24) is 9.88 Å². The Morgan fingerprint density at radius 3 is 2.48 bits per heavy atom. The minimum Gasteiger partial charge on any atom is -0.487 e. The number of aromatic nitrogens is 1. The van der Waals surface area contributed by atoms with Crippen LogP contribution in [0.5, 0.6) is 5.75 Å². The Hall–Kier alpha value is -3.03. The molecule has 3 rings (SSSR count). The van der Waals surface area contributed by atoms with Crippen molar-refractivity contribution in [3.05, 3.63) is 58.9 Å². The number of carbonyl (C=O) groups excluding carboxylic acids is 1. The number of ether oxygens (including phenoxy) is 1. The number of halogens is 2. The molecular weight excluding hydrogens is 358 g/mol. The van der Waals surface area contributed by atoms with Crippen LogP contribution in [0.4, 0.5) is 8.78 Å². The zero-order valence-electron chi connectivity index (χ0n) is 14.6. The Bertz CT molecular complexity index is 880. The van der Waals surface area contributed by atoms with Gasteiger partial charge in [0.25, 0.3) is 5.91 Å². The summed E-state index contributed by atoms with van der Waals surface area (Å²) in [7, 11) is 0. The van der Waals surface area contributed by atoms with Crippen molar-refractivity contribution in [2.24, 2.45) is 0 Å². The first-order chi connectivity index (χ1) is 12.8. The largest absolute Gasteiger partial charge is 0.487 e. The molecule has 0 aliphatic carbocycles. The third-order valence-corrected chi connectivity index (χ3v) is 4.45. The van der Waals surface area contributed by atoms with Crippen LogP contribution in [0.1, 0.15) is 39.4 Å². The highest BCUT2D eigenvalue weighted by molar-refractivity contribution is 5.94. The number of nitrogens with zero attached hydrogens (tertiary/aromatic N) is 2. The molecule has 0 unspecified atom stereocenters. The number of aromatic carboxylic acids is 1. The normalized spacial score (nSPS) is 14.9. The monoisotopic (exact) mass is 376 g/mol. The molecule has 1 aliphatic heterocycles. The molecule has 0 radical (unpaired) electrons. The molecule has 1 aromatic carbocycles. The molecule has 0 saturated carbocycles. The van der Waals surface area contributed by atoms with Gasteiger partial charge in [0, 0.05) is 32.0 Å². The molecule has 0 spiro atoms. The number of benzene rings is 1. The molecule has 1 amide bonds. The lowest BCUT2D eigenvalue weighted by molar-refractivity contribution is 0.0580. The summed E-state index contributed by atoms with van der Waals surface area (Å²) >= 11 is 0. The molecule has 6 nitrogen and oxygen atoms in total. The van der Waals surface area contributed by atoms with Crippen LogP contribution in [-0.2, 0) is 0 Å². The van der Waals surface area contributed by atoms with E-state index in [2.05, 4.69) is 4.98 Å². The van der Waals surface area contributed by atoms with Gasteiger partial charge in [-0.15, -0.1) is 0 Å². The minimum atomic E-state index is -1.09. The lowest BCUT2D eigenvalue weighted by Gasteiger charge is -2.32. The lowest BCUT2D eigenvalue weighted by atomic mass is 10.1. The maximum atomic E-state index is 13.7. The van der Waals surface area contributed by atoms with Gasteiger partial charge in [-0.25, -0.2) is 18.6 Å². The summed E-state index contributed by atoms with van der Waals surface area (Å²) in [6.45, 7) is 2.33. The number of rotatable bonds is 4. The van der Waals surface area contributed by atoms with Crippen molar-refractivity contribution in [2.75, 3.05) is 13.1 Å². The van der Waals surface area contributed by atoms with Crippen molar-refractivity contribution in [2.45, 2.75) is 25.9 Å². The summed E-state index contributed by atoms with van der Waals surface area (Å²) < 4.78 is 32.2. The summed E-state index contributed by atoms with van der Waals surface area (Å²) in [5.74, 6) is -2.82. The molecule has 2 aromatic rings. The molecule has 2 heterocycles. The average Bonchev–Trinajstić information content (AvgIpc) is 2.63. The van der Waals surface area contributed by atoms with E-state index >= 15 is 0 Å². The van der Waals surface area contributed by atoms with Crippen molar-refractivity contribution in [3.8, 4) is 5.75 Å². The van der Waals surface area contributed by atoms with E-state index in [1.165, 1.54) is 25.1 Å². The zero-order chi connectivity index (χ0) is 19.6. The van der Waals surface area contributed by atoms with E-state index in [1.807, 2.05) is 0 Å². The van der Waals surface area contributed by atoms with Crippen molar-refractivity contribution in [1.29, 1.82) is 0 Å². The molecule has 1 aliphatic rings. The maximum absolute atomic E-state index is 13.7. The highest BCUT2D eigenvalue weighted by Crippen LogP contribution is 2.23. The number of carboxylic acids is 1. The Balaban J connectivity index is 1.61. The standard InChI is InChI=1S/C19H18F2N2O4/c1-11-14(19(25)26)3-4-16(22-11)18(24)23-8-6-13(7-9-23)27-17-5-2-12(20)10-15(17)21/h2-5,10,13H,6-9H2,1H3,(H,25,26). The topological polar surface area (TPSA) is 79.7 Å². The van der Waals surface area contributed by atoms with E-state index in [-0.39, 0.29) is 34.7 Å². The third-order valence-electron chi connectivity index (χ3n) is 4.45. The molecule has 1 N–H and O–H groups in total. The number of hydrogen-bond donors (Lipinski definition) is 1. The van der Waals surface area contributed by atoms with Gasteiger partial charge in [-0.05, 0) is 31.2 Å². The predicted molar refractivity (Wildman–Crippen MR) is 91.8 cm³/mol. The smallest absolute Gasteiger partial charge is 0.337 e. The highest BCUT2D eigenvalue weighted by Gasteiger charge is 2.26. The summed E-state index contributed by atoms with van der Waals surface area (Å²) in [6.07, 6.45) is 0.710. The van der Waals surface area contributed by atoms with Crippen LogP contribution in [0.2, 0.25) is 0 Å². The van der Waals surface area contributed by atoms with Gasteiger partial charge in [0.05, 0.1) is 11.3 Å². The number of pyridine rings is 1. The molecule has 1 saturated heterocycles. The van der Waals surface area contributed by atoms with Gasteiger partial charge < -0.3 is 14.7 Å². The van der Waals surface area contributed by atoms with Gasteiger partial charge in [-0.1, -0.05) is 0 Å².